The lowest BCUT2D eigenvalue weighted by Gasteiger charge is -2.38. The lowest BCUT2D eigenvalue weighted by Crippen LogP contribution is -2.51. The number of hydrogen-bond acceptors (Lipinski definition) is 4. The summed E-state index contributed by atoms with van der Waals surface area (Å²) >= 11 is 0. The molecule has 0 aliphatic carbocycles. The van der Waals surface area contributed by atoms with Crippen LogP contribution in [0.5, 0.6) is 0 Å². The minimum absolute atomic E-state index is 0.0732. The second kappa shape index (κ2) is 6.92. The highest BCUT2D eigenvalue weighted by Crippen LogP contribution is 2.21. The van der Waals surface area contributed by atoms with Crippen LogP contribution in [0.4, 0.5) is 4.79 Å². The number of nitrogens with zero attached hydrogens (tertiary/aromatic N) is 3. The minimum atomic E-state index is -0.285. The standard InChI is InChI=1S/C14H25N3O3/c1-3-15-8-10-16(11-9-15)13(18)12-4-6-17(7-5-12)14(19)20-2/h12H,3-11H2,1-2H3. The van der Waals surface area contributed by atoms with Crippen molar-refractivity contribution in [3.05, 3.63) is 0 Å². The van der Waals surface area contributed by atoms with Gasteiger partial charge in [0.1, 0.15) is 0 Å². The number of rotatable bonds is 2. The molecule has 0 unspecified atom stereocenters. The Morgan fingerprint density at radius 2 is 1.60 bits per heavy atom. The lowest BCUT2D eigenvalue weighted by molar-refractivity contribution is -0.138. The molecule has 114 valence electrons. The van der Waals surface area contributed by atoms with Crippen molar-refractivity contribution < 1.29 is 14.3 Å². The van der Waals surface area contributed by atoms with Crippen molar-refractivity contribution in [2.75, 3.05) is 52.9 Å². The van der Waals surface area contributed by atoms with E-state index in [9.17, 15) is 9.59 Å². The van der Waals surface area contributed by atoms with Crippen LogP contribution in [-0.4, -0.2) is 79.6 Å². The lowest BCUT2D eigenvalue weighted by atomic mass is 9.95. The van der Waals surface area contributed by atoms with E-state index in [4.69, 9.17) is 4.74 Å². The monoisotopic (exact) mass is 283 g/mol. The maximum absolute atomic E-state index is 12.5. The van der Waals surface area contributed by atoms with Crippen LogP contribution in [0.15, 0.2) is 0 Å². The van der Waals surface area contributed by atoms with Crippen molar-refractivity contribution in [3.63, 3.8) is 0 Å². The average Bonchev–Trinajstić information content (AvgIpc) is 2.53. The topological polar surface area (TPSA) is 53.1 Å². The molecular weight excluding hydrogens is 258 g/mol. The number of piperazine rings is 1. The van der Waals surface area contributed by atoms with E-state index >= 15 is 0 Å². The van der Waals surface area contributed by atoms with Crippen LogP contribution < -0.4 is 0 Å². The number of methoxy groups -OCH3 is 1. The summed E-state index contributed by atoms with van der Waals surface area (Å²) in [6.07, 6.45) is 1.22. The van der Waals surface area contributed by atoms with Gasteiger partial charge in [0.05, 0.1) is 7.11 Å². The van der Waals surface area contributed by atoms with Gasteiger partial charge in [-0.1, -0.05) is 6.92 Å². The Hall–Kier alpha value is -1.30. The molecule has 6 nitrogen and oxygen atoms in total. The molecule has 2 aliphatic rings. The van der Waals surface area contributed by atoms with Crippen molar-refractivity contribution in [3.8, 4) is 0 Å². The zero-order valence-electron chi connectivity index (χ0n) is 12.5. The molecule has 20 heavy (non-hydrogen) atoms. The Labute approximate surface area is 120 Å². The predicted octanol–water partition coefficient (Wildman–Crippen LogP) is 0.629. The summed E-state index contributed by atoms with van der Waals surface area (Å²) in [6.45, 7) is 8.08. The van der Waals surface area contributed by atoms with Crippen LogP contribution >= 0.6 is 0 Å². The van der Waals surface area contributed by atoms with Gasteiger partial charge in [-0.25, -0.2) is 4.79 Å². The summed E-state index contributed by atoms with van der Waals surface area (Å²) in [5, 5.41) is 0. The van der Waals surface area contributed by atoms with Crippen molar-refractivity contribution in [2.24, 2.45) is 5.92 Å². The average molecular weight is 283 g/mol. The second-order valence-electron chi connectivity index (χ2n) is 5.49. The zero-order valence-corrected chi connectivity index (χ0v) is 12.5. The first-order valence-electron chi connectivity index (χ1n) is 7.49. The number of ether oxygens (including phenoxy) is 1. The molecule has 0 aromatic heterocycles. The van der Waals surface area contributed by atoms with Gasteiger partial charge in [0.15, 0.2) is 0 Å². The summed E-state index contributed by atoms with van der Waals surface area (Å²) in [5.41, 5.74) is 0. The van der Waals surface area contributed by atoms with Crippen molar-refractivity contribution in [2.45, 2.75) is 19.8 Å². The van der Waals surface area contributed by atoms with Gasteiger partial charge in [0.2, 0.25) is 5.91 Å². The fourth-order valence-corrected chi connectivity index (χ4v) is 2.98. The zero-order chi connectivity index (χ0) is 14.5. The third-order valence-corrected chi connectivity index (χ3v) is 4.41. The predicted molar refractivity (Wildman–Crippen MR) is 75.4 cm³/mol. The van der Waals surface area contributed by atoms with E-state index in [1.165, 1.54) is 7.11 Å². The number of hydrogen-bond donors (Lipinski definition) is 0. The van der Waals surface area contributed by atoms with E-state index in [1.54, 1.807) is 4.90 Å². The number of piperidine rings is 1. The molecule has 2 aliphatic heterocycles. The van der Waals surface area contributed by atoms with Gasteiger partial charge in [0.25, 0.3) is 0 Å². The van der Waals surface area contributed by atoms with Crippen LogP contribution in [-0.2, 0) is 9.53 Å². The third kappa shape index (κ3) is 3.42. The first kappa shape index (κ1) is 15.1. The molecule has 0 saturated carbocycles. The number of carbonyl (C=O) groups excluding carboxylic acids is 2. The van der Waals surface area contributed by atoms with Gasteiger partial charge >= 0.3 is 6.09 Å². The Balaban J connectivity index is 1.79. The smallest absolute Gasteiger partial charge is 0.409 e. The van der Waals surface area contributed by atoms with Gasteiger partial charge in [-0.05, 0) is 19.4 Å². The molecule has 0 bridgehead atoms. The van der Waals surface area contributed by atoms with Crippen LogP contribution in [0, 0.1) is 5.92 Å². The molecule has 0 spiro atoms. The van der Waals surface area contributed by atoms with Gasteiger partial charge in [-0.2, -0.15) is 0 Å². The van der Waals surface area contributed by atoms with Gasteiger partial charge in [0, 0.05) is 45.2 Å². The highest BCUT2D eigenvalue weighted by atomic mass is 16.5. The molecule has 2 amide bonds. The van der Waals surface area contributed by atoms with E-state index < -0.39 is 0 Å². The van der Waals surface area contributed by atoms with Gasteiger partial charge in [-0.3, -0.25) is 4.79 Å². The Morgan fingerprint density at radius 3 is 2.10 bits per heavy atom. The van der Waals surface area contributed by atoms with Crippen LogP contribution in [0.3, 0.4) is 0 Å². The van der Waals surface area contributed by atoms with Crippen molar-refractivity contribution >= 4 is 12.0 Å². The normalized spacial score (nSPS) is 21.9. The Morgan fingerprint density at radius 1 is 1.00 bits per heavy atom. The number of likely N-dealkylation sites (tertiary alicyclic amines) is 1. The van der Waals surface area contributed by atoms with Crippen LogP contribution in [0.2, 0.25) is 0 Å². The Bertz CT molecular complexity index is 346. The fraction of sp³-hybridized carbons (Fsp3) is 0.857. The number of amides is 2. The van der Waals surface area contributed by atoms with E-state index in [1.807, 2.05) is 4.90 Å². The fourth-order valence-electron chi connectivity index (χ4n) is 2.98. The van der Waals surface area contributed by atoms with Gasteiger partial charge in [-0.15, -0.1) is 0 Å². The van der Waals surface area contributed by atoms with Gasteiger partial charge < -0.3 is 19.4 Å². The summed E-state index contributed by atoms with van der Waals surface area (Å²) in [4.78, 5) is 29.9. The number of carbonyl (C=O) groups is 2. The maximum Gasteiger partial charge on any atom is 0.409 e. The third-order valence-electron chi connectivity index (χ3n) is 4.41. The summed E-state index contributed by atoms with van der Waals surface area (Å²) in [6, 6.07) is 0. The van der Waals surface area contributed by atoms with Crippen molar-refractivity contribution in [1.82, 2.24) is 14.7 Å². The maximum atomic E-state index is 12.5. The molecule has 2 heterocycles. The van der Waals surface area contributed by atoms with Crippen molar-refractivity contribution in [1.29, 1.82) is 0 Å². The van der Waals surface area contributed by atoms with Crippen LogP contribution in [0.25, 0.3) is 0 Å². The largest absolute Gasteiger partial charge is 0.453 e. The molecule has 0 aromatic carbocycles. The first-order chi connectivity index (χ1) is 9.65. The molecule has 0 aromatic rings. The van der Waals surface area contributed by atoms with E-state index in [0.29, 0.717) is 13.1 Å². The first-order valence-corrected chi connectivity index (χ1v) is 7.49. The highest BCUT2D eigenvalue weighted by molar-refractivity contribution is 5.79. The minimum Gasteiger partial charge on any atom is -0.453 e. The molecule has 2 rings (SSSR count). The molecule has 2 saturated heterocycles. The molecule has 0 radical (unpaired) electrons. The van der Waals surface area contributed by atoms with Crippen LogP contribution in [0.1, 0.15) is 19.8 Å². The molecule has 2 fully saturated rings. The van der Waals surface area contributed by atoms with E-state index in [-0.39, 0.29) is 17.9 Å². The molecule has 6 heteroatoms. The molecule has 0 N–H and O–H groups in total. The van der Waals surface area contributed by atoms with E-state index in [2.05, 4.69) is 11.8 Å². The summed E-state index contributed by atoms with van der Waals surface area (Å²) < 4.78 is 4.71. The summed E-state index contributed by atoms with van der Waals surface area (Å²) in [5.74, 6) is 0.342. The Kier molecular flexibility index (Phi) is 5.23. The number of likely N-dealkylation sites (N-methyl/N-ethyl adjacent to an activating group) is 1. The highest BCUT2D eigenvalue weighted by Gasteiger charge is 2.31. The van der Waals surface area contributed by atoms with E-state index in [0.717, 1.165) is 45.6 Å². The SMILES string of the molecule is CCN1CCN(C(=O)C2CCN(C(=O)OC)CC2)CC1. The molecular formula is C14H25N3O3. The second-order valence-corrected chi connectivity index (χ2v) is 5.49. The summed E-state index contributed by atoms with van der Waals surface area (Å²) in [7, 11) is 1.40. The molecule has 0 atom stereocenters. The quantitative estimate of drug-likeness (QED) is 0.746.